The zero-order valence-corrected chi connectivity index (χ0v) is 17.9. The monoisotopic (exact) mass is 434 g/mol. The van der Waals surface area contributed by atoms with Crippen LogP contribution in [0.2, 0.25) is 0 Å². The molecule has 0 aliphatic carbocycles. The Morgan fingerprint density at radius 1 is 1.17 bits per heavy atom. The number of para-hydroxylation sites is 1. The van der Waals surface area contributed by atoms with Gasteiger partial charge in [-0.1, -0.05) is 25.1 Å². The molecule has 1 aliphatic heterocycles. The molecule has 0 atom stereocenters. The Kier molecular flexibility index (Phi) is 6.91. The number of carbonyl (C=O) groups excluding carboxylic acids is 2. The maximum Gasteiger partial charge on any atom is 0.268 e. The largest absolute Gasteiger partial charge is 0.379 e. The molecule has 0 unspecified atom stereocenters. The molecule has 10 heteroatoms. The highest BCUT2D eigenvalue weighted by Crippen LogP contribution is 2.20. The molecule has 1 saturated heterocycles. The van der Waals surface area contributed by atoms with Gasteiger partial charge in [-0.05, 0) is 24.1 Å². The molecule has 1 fully saturated rings. The number of carbonyl (C=O) groups is 2. The fraction of sp³-hybridized carbons (Fsp3) is 0.400. The minimum absolute atomic E-state index is 0.0402. The molecule has 2 aromatic rings. The molecule has 0 spiro atoms. The van der Waals surface area contributed by atoms with Crippen molar-refractivity contribution in [3.05, 3.63) is 47.8 Å². The SMILES string of the molecule is CCc1ccccc1NC(=O)CNC(=O)c1cc(S(=O)(=O)N2CCOCC2)cn1C. The van der Waals surface area contributed by atoms with Gasteiger partial charge in [0.1, 0.15) is 10.6 Å². The summed E-state index contributed by atoms with van der Waals surface area (Å²) in [7, 11) is -2.12. The third kappa shape index (κ3) is 4.89. The first kappa shape index (κ1) is 22.0. The van der Waals surface area contributed by atoms with Crippen LogP contribution in [-0.2, 0) is 33.0 Å². The fourth-order valence-electron chi connectivity index (χ4n) is 3.23. The molecule has 0 bridgehead atoms. The number of nitrogens with zero attached hydrogens (tertiary/aromatic N) is 2. The maximum atomic E-state index is 12.8. The van der Waals surface area contributed by atoms with E-state index < -0.39 is 15.9 Å². The lowest BCUT2D eigenvalue weighted by Crippen LogP contribution is -2.40. The topological polar surface area (TPSA) is 110 Å². The lowest BCUT2D eigenvalue weighted by atomic mass is 10.1. The Hall–Kier alpha value is -2.69. The normalized spacial score (nSPS) is 15.0. The smallest absolute Gasteiger partial charge is 0.268 e. The first-order valence-corrected chi connectivity index (χ1v) is 11.2. The molecular weight excluding hydrogens is 408 g/mol. The van der Waals surface area contributed by atoms with Gasteiger partial charge in [0.2, 0.25) is 15.9 Å². The van der Waals surface area contributed by atoms with Gasteiger partial charge in [-0.25, -0.2) is 8.42 Å². The summed E-state index contributed by atoms with van der Waals surface area (Å²) in [5.41, 5.74) is 1.86. The Morgan fingerprint density at radius 2 is 1.87 bits per heavy atom. The van der Waals surface area contributed by atoms with Crippen molar-refractivity contribution in [1.82, 2.24) is 14.2 Å². The highest BCUT2D eigenvalue weighted by atomic mass is 32.2. The van der Waals surface area contributed by atoms with E-state index in [1.54, 1.807) is 13.1 Å². The maximum absolute atomic E-state index is 12.8. The second-order valence-electron chi connectivity index (χ2n) is 6.93. The summed E-state index contributed by atoms with van der Waals surface area (Å²) in [6, 6.07) is 8.78. The zero-order valence-electron chi connectivity index (χ0n) is 17.1. The van der Waals surface area contributed by atoms with Crippen LogP contribution in [0, 0.1) is 0 Å². The Labute approximate surface area is 176 Å². The number of morpholine rings is 1. The third-order valence-corrected chi connectivity index (χ3v) is 6.77. The van der Waals surface area contributed by atoms with Crippen molar-refractivity contribution in [2.75, 3.05) is 38.2 Å². The molecule has 30 heavy (non-hydrogen) atoms. The number of ether oxygens (including phenoxy) is 1. The highest BCUT2D eigenvalue weighted by Gasteiger charge is 2.28. The molecule has 1 aromatic heterocycles. The minimum atomic E-state index is -3.70. The molecule has 0 radical (unpaired) electrons. The molecule has 9 nitrogen and oxygen atoms in total. The third-order valence-electron chi connectivity index (χ3n) is 4.90. The number of hydrogen-bond acceptors (Lipinski definition) is 5. The summed E-state index contributed by atoms with van der Waals surface area (Å²) in [6.45, 7) is 3.00. The van der Waals surface area contributed by atoms with E-state index in [0.29, 0.717) is 18.9 Å². The van der Waals surface area contributed by atoms with Crippen LogP contribution in [0.25, 0.3) is 0 Å². The van der Waals surface area contributed by atoms with Crippen LogP contribution < -0.4 is 10.6 Å². The fourth-order valence-corrected chi connectivity index (χ4v) is 4.71. The van der Waals surface area contributed by atoms with Crippen molar-refractivity contribution in [3.63, 3.8) is 0 Å². The van der Waals surface area contributed by atoms with Crippen LogP contribution in [-0.4, -0.2) is 62.0 Å². The van der Waals surface area contributed by atoms with Gasteiger partial charge in [-0.2, -0.15) is 4.31 Å². The van der Waals surface area contributed by atoms with Gasteiger partial charge in [-0.3, -0.25) is 9.59 Å². The summed E-state index contributed by atoms with van der Waals surface area (Å²) in [4.78, 5) is 24.8. The van der Waals surface area contributed by atoms with Crippen molar-refractivity contribution in [2.24, 2.45) is 7.05 Å². The summed E-state index contributed by atoms with van der Waals surface area (Å²) in [5.74, 6) is -0.889. The van der Waals surface area contributed by atoms with Crippen molar-refractivity contribution >= 4 is 27.5 Å². The molecule has 0 saturated carbocycles. The number of sulfonamides is 1. The zero-order chi connectivity index (χ0) is 21.7. The van der Waals surface area contributed by atoms with E-state index >= 15 is 0 Å². The Balaban J connectivity index is 1.64. The van der Waals surface area contributed by atoms with Crippen LogP contribution in [0.15, 0.2) is 41.4 Å². The number of aryl methyl sites for hydroxylation is 2. The van der Waals surface area contributed by atoms with Crippen molar-refractivity contribution < 1.29 is 22.7 Å². The second-order valence-corrected chi connectivity index (χ2v) is 8.87. The molecule has 1 aliphatic rings. The molecule has 2 heterocycles. The van der Waals surface area contributed by atoms with E-state index in [2.05, 4.69) is 10.6 Å². The summed E-state index contributed by atoms with van der Waals surface area (Å²) in [6.07, 6.45) is 2.17. The van der Waals surface area contributed by atoms with E-state index in [4.69, 9.17) is 4.74 Å². The van der Waals surface area contributed by atoms with Crippen molar-refractivity contribution in [1.29, 1.82) is 0 Å². The van der Waals surface area contributed by atoms with Gasteiger partial charge in [-0.15, -0.1) is 0 Å². The van der Waals surface area contributed by atoms with Gasteiger partial charge in [0.15, 0.2) is 0 Å². The number of rotatable bonds is 7. The highest BCUT2D eigenvalue weighted by molar-refractivity contribution is 7.89. The van der Waals surface area contributed by atoms with Crippen LogP contribution in [0.1, 0.15) is 23.0 Å². The number of hydrogen-bond donors (Lipinski definition) is 2. The molecule has 1 aromatic carbocycles. The molecule has 3 rings (SSSR count). The summed E-state index contributed by atoms with van der Waals surface area (Å²) in [5, 5.41) is 5.32. The quantitative estimate of drug-likeness (QED) is 0.675. The van der Waals surface area contributed by atoms with Gasteiger partial charge < -0.3 is 19.9 Å². The molecule has 2 N–H and O–H groups in total. The molecule has 2 amide bonds. The number of amides is 2. The summed E-state index contributed by atoms with van der Waals surface area (Å²) >= 11 is 0. The van der Waals surface area contributed by atoms with Crippen LogP contribution in [0.3, 0.4) is 0 Å². The minimum Gasteiger partial charge on any atom is -0.379 e. The van der Waals surface area contributed by atoms with Gasteiger partial charge in [0.25, 0.3) is 5.91 Å². The van der Waals surface area contributed by atoms with Gasteiger partial charge in [0, 0.05) is 32.0 Å². The number of benzene rings is 1. The number of aromatic nitrogens is 1. The molecule has 162 valence electrons. The van der Waals surface area contributed by atoms with E-state index in [1.165, 1.54) is 21.1 Å². The number of nitrogens with one attached hydrogen (secondary N) is 2. The lowest BCUT2D eigenvalue weighted by molar-refractivity contribution is -0.115. The lowest BCUT2D eigenvalue weighted by Gasteiger charge is -2.25. The summed E-state index contributed by atoms with van der Waals surface area (Å²) < 4.78 is 33.5. The van der Waals surface area contributed by atoms with Crippen LogP contribution in [0.5, 0.6) is 0 Å². The van der Waals surface area contributed by atoms with Gasteiger partial charge in [0.05, 0.1) is 19.8 Å². The second kappa shape index (κ2) is 9.41. The van der Waals surface area contributed by atoms with E-state index in [0.717, 1.165) is 12.0 Å². The van der Waals surface area contributed by atoms with E-state index in [-0.39, 0.29) is 36.1 Å². The first-order chi connectivity index (χ1) is 14.3. The predicted octanol–water partition coefficient (Wildman–Crippen LogP) is 0.977. The van der Waals surface area contributed by atoms with Crippen LogP contribution >= 0.6 is 0 Å². The Bertz CT molecular complexity index is 1030. The first-order valence-electron chi connectivity index (χ1n) is 9.73. The van der Waals surface area contributed by atoms with Crippen molar-refractivity contribution in [2.45, 2.75) is 18.2 Å². The van der Waals surface area contributed by atoms with E-state index in [9.17, 15) is 18.0 Å². The average Bonchev–Trinajstić information content (AvgIpc) is 3.15. The average molecular weight is 435 g/mol. The standard InChI is InChI=1S/C20H26N4O5S/c1-3-15-6-4-5-7-17(15)22-19(25)13-21-20(26)18-12-16(14-23(18)2)30(27,28)24-8-10-29-11-9-24/h4-7,12,14H,3,8-11,13H2,1-2H3,(H,21,26)(H,22,25). The molecular formula is C20H26N4O5S. The van der Waals surface area contributed by atoms with Crippen LogP contribution in [0.4, 0.5) is 5.69 Å². The number of anilines is 1. The van der Waals surface area contributed by atoms with Gasteiger partial charge >= 0.3 is 0 Å². The van der Waals surface area contributed by atoms with E-state index in [1.807, 2.05) is 25.1 Å². The predicted molar refractivity (Wildman–Crippen MR) is 112 cm³/mol. The van der Waals surface area contributed by atoms with Crippen molar-refractivity contribution in [3.8, 4) is 0 Å². The Morgan fingerprint density at radius 3 is 2.57 bits per heavy atom.